The summed E-state index contributed by atoms with van der Waals surface area (Å²) in [7, 11) is 0. The zero-order valence-electron chi connectivity index (χ0n) is 23.0. The largest absolute Gasteiger partial charge is 0.450 e. The van der Waals surface area contributed by atoms with Crippen molar-refractivity contribution in [1.82, 2.24) is 0 Å². The number of carbonyl (C=O) groups excluding carboxylic acids is 4. The van der Waals surface area contributed by atoms with Crippen LogP contribution in [0.2, 0.25) is 0 Å². The molecule has 0 N–H and O–H groups in total. The highest BCUT2D eigenvalue weighted by Gasteiger charge is 2.67. The number of Topliss-reactive ketones (excluding diaryl/α,β-unsaturated/α-hetero) is 2. The summed E-state index contributed by atoms with van der Waals surface area (Å²) in [5, 5.41) is 0. The van der Waals surface area contributed by atoms with Gasteiger partial charge < -0.3 is 4.74 Å². The number of hydrogen-bond donors (Lipinski definition) is 0. The Hall–Kier alpha value is -1.49. The Morgan fingerprint density at radius 2 is 1.59 bits per heavy atom. The van der Waals surface area contributed by atoms with Gasteiger partial charge in [-0.3, -0.25) is 19.2 Å². The Kier molecular flexibility index (Phi) is 8.72. The van der Waals surface area contributed by atoms with Crippen LogP contribution >= 0.6 is 11.6 Å². The number of hydrogen-bond acceptors (Lipinski definition) is 5. The lowest BCUT2D eigenvalue weighted by molar-refractivity contribution is -0.189. The molecule has 5 nitrogen and oxygen atoms in total. The molecule has 0 unspecified atom stereocenters. The number of rotatable bonds is 11. The fourth-order valence-electron chi connectivity index (χ4n) is 8.81. The van der Waals surface area contributed by atoms with Crippen molar-refractivity contribution in [3.8, 4) is 0 Å². The van der Waals surface area contributed by atoms with Crippen molar-refractivity contribution < 1.29 is 23.9 Å². The van der Waals surface area contributed by atoms with Gasteiger partial charge in [0.2, 0.25) is 0 Å². The summed E-state index contributed by atoms with van der Waals surface area (Å²) in [4.78, 5) is 49.7. The number of ketones is 3. The van der Waals surface area contributed by atoms with Crippen molar-refractivity contribution in [2.45, 2.75) is 123 Å². The lowest BCUT2D eigenvalue weighted by Crippen LogP contribution is -2.58. The highest BCUT2D eigenvalue weighted by molar-refractivity contribution is 6.27. The Labute approximate surface area is 227 Å². The molecule has 0 amide bonds. The summed E-state index contributed by atoms with van der Waals surface area (Å²) >= 11 is 5.54. The predicted molar refractivity (Wildman–Crippen MR) is 144 cm³/mol. The van der Waals surface area contributed by atoms with Crippen molar-refractivity contribution in [3.05, 3.63) is 11.6 Å². The molecule has 0 aromatic carbocycles. The van der Waals surface area contributed by atoms with Crippen molar-refractivity contribution in [3.63, 3.8) is 0 Å². The fourth-order valence-corrected chi connectivity index (χ4v) is 8.94. The molecule has 0 heterocycles. The molecule has 6 atom stereocenters. The van der Waals surface area contributed by atoms with Crippen molar-refractivity contribution in [2.24, 2.45) is 28.6 Å². The topological polar surface area (TPSA) is 77.5 Å². The lowest BCUT2D eigenvalue weighted by Gasteiger charge is -2.59. The third-order valence-electron chi connectivity index (χ3n) is 10.9. The quantitative estimate of drug-likeness (QED) is 0.164. The molecular weight excluding hydrogens is 488 g/mol. The average molecular weight is 533 g/mol. The molecule has 0 radical (unpaired) electrons. The molecule has 37 heavy (non-hydrogen) atoms. The van der Waals surface area contributed by atoms with Crippen molar-refractivity contribution in [1.29, 1.82) is 0 Å². The van der Waals surface area contributed by atoms with Crippen molar-refractivity contribution in [2.75, 3.05) is 5.88 Å². The SMILES string of the molecule is CC(=O)[C@@]1(OC(=O)CCCCCCCC(=O)CCl)CC[C@H]2[C@@H]3CCC4=CC(=O)CC[C@]4(C)[C@H]3CC[C@@]21C. The molecule has 0 aromatic rings. The van der Waals surface area contributed by atoms with Crippen LogP contribution in [0.15, 0.2) is 11.6 Å². The second kappa shape index (κ2) is 11.3. The van der Waals surface area contributed by atoms with Gasteiger partial charge in [-0.05, 0) is 94.0 Å². The molecule has 4 aliphatic carbocycles. The molecule has 4 rings (SSSR count). The summed E-state index contributed by atoms with van der Waals surface area (Å²) in [6.07, 6.45) is 14.3. The van der Waals surface area contributed by atoms with E-state index in [0.29, 0.717) is 43.4 Å². The molecule has 3 fully saturated rings. The van der Waals surface area contributed by atoms with E-state index in [1.807, 2.05) is 6.08 Å². The maximum Gasteiger partial charge on any atom is 0.306 e. The highest BCUT2D eigenvalue weighted by atomic mass is 35.5. The van der Waals surface area contributed by atoms with E-state index in [0.717, 1.165) is 70.6 Å². The summed E-state index contributed by atoms with van der Waals surface area (Å²) in [5.74, 6) is 1.62. The van der Waals surface area contributed by atoms with E-state index in [1.165, 1.54) is 5.57 Å². The molecule has 3 saturated carbocycles. The maximum absolute atomic E-state index is 13.2. The van der Waals surface area contributed by atoms with Crippen LogP contribution < -0.4 is 0 Å². The number of esters is 1. The molecule has 0 aliphatic heterocycles. The summed E-state index contributed by atoms with van der Waals surface area (Å²) in [5.41, 5.74) is 0.100. The van der Waals surface area contributed by atoms with Gasteiger partial charge in [0.15, 0.2) is 17.2 Å². The minimum Gasteiger partial charge on any atom is -0.450 e. The van der Waals surface area contributed by atoms with E-state index >= 15 is 0 Å². The van der Waals surface area contributed by atoms with Gasteiger partial charge in [0.1, 0.15) is 5.78 Å². The summed E-state index contributed by atoms with van der Waals surface area (Å²) in [6.45, 7) is 6.20. The third-order valence-corrected chi connectivity index (χ3v) is 11.2. The molecule has 0 bridgehead atoms. The second-order valence-corrected chi connectivity index (χ2v) is 13.0. The molecule has 0 spiro atoms. The number of ether oxygens (including phenoxy) is 1. The van der Waals surface area contributed by atoms with Gasteiger partial charge in [-0.15, -0.1) is 11.6 Å². The summed E-state index contributed by atoms with van der Waals surface area (Å²) < 4.78 is 6.23. The number of alkyl halides is 1. The normalized spacial score (nSPS) is 36.7. The van der Waals surface area contributed by atoms with Crippen LogP contribution in [0.1, 0.15) is 117 Å². The molecule has 6 heteroatoms. The number of unbranched alkanes of at least 4 members (excludes halogenated alkanes) is 4. The van der Waals surface area contributed by atoms with Gasteiger partial charge in [0.05, 0.1) is 5.88 Å². The Morgan fingerprint density at radius 3 is 2.30 bits per heavy atom. The molecular formula is C31H45ClO5. The standard InChI is InChI=1S/C31H45ClO5/c1-21(33)31(37-28(36)10-8-6-4-5-7-9-24(35)20-32)18-15-27-25-12-11-22-19-23(34)13-16-29(22,2)26(25)14-17-30(27,31)3/h19,25-27H,4-18,20H2,1-3H3/t25-,26+,27+,29+,30+,31+/m1/s1. The Balaban J connectivity index is 1.38. The molecule has 0 saturated heterocycles. The van der Waals surface area contributed by atoms with Gasteiger partial charge in [0.25, 0.3) is 0 Å². The van der Waals surface area contributed by atoms with Crippen LogP contribution in [0.3, 0.4) is 0 Å². The first-order valence-corrected chi connectivity index (χ1v) is 15.2. The minimum absolute atomic E-state index is 0.000808. The van der Waals surface area contributed by atoms with Gasteiger partial charge in [-0.1, -0.05) is 38.7 Å². The monoisotopic (exact) mass is 532 g/mol. The Bertz CT molecular complexity index is 955. The van der Waals surface area contributed by atoms with Crippen LogP contribution in [0, 0.1) is 28.6 Å². The van der Waals surface area contributed by atoms with Crippen LogP contribution in [-0.4, -0.2) is 34.8 Å². The first kappa shape index (κ1) is 28.5. The van der Waals surface area contributed by atoms with Crippen LogP contribution in [0.5, 0.6) is 0 Å². The van der Waals surface area contributed by atoms with E-state index in [1.54, 1.807) is 6.92 Å². The third kappa shape index (κ3) is 5.23. The smallest absolute Gasteiger partial charge is 0.306 e. The van der Waals surface area contributed by atoms with Gasteiger partial charge in [-0.25, -0.2) is 0 Å². The van der Waals surface area contributed by atoms with Gasteiger partial charge in [-0.2, -0.15) is 0 Å². The van der Waals surface area contributed by atoms with E-state index in [9.17, 15) is 19.2 Å². The van der Waals surface area contributed by atoms with E-state index < -0.39 is 5.60 Å². The fraction of sp³-hybridized carbons (Fsp3) is 0.806. The summed E-state index contributed by atoms with van der Waals surface area (Å²) in [6, 6.07) is 0. The van der Waals surface area contributed by atoms with Gasteiger partial charge in [0, 0.05) is 24.7 Å². The van der Waals surface area contributed by atoms with Crippen molar-refractivity contribution >= 4 is 34.9 Å². The molecule has 0 aromatic heterocycles. The number of fused-ring (bicyclic) bond motifs is 5. The highest BCUT2D eigenvalue weighted by Crippen LogP contribution is 2.68. The zero-order chi connectivity index (χ0) is 26.8. The number of carbonyl (C=O) groups is 4. The van der Waals surface area contributed by atoms with E-state index in [2.05, 4.69) is 13.8 Å². The second-order valence-electron chi connectivity index (χ2n) is 12.8. The minimum atomic E-state index is -1.01. The van der Waals surface area contributed by atoms with E-state index in [4.69, 9.17) is 16.3 Å². The first-order chi connectivity index (χ1) is 17.6. The van der Waals surface area contributed by atoms with Crippen LogP contribution in [0.4, 0.5) is 0 Å². The van der Waals surface area contributed by atoms with Crippen LogP contribution in [-0.2, 0) is 23.9 Å². The van der Waals surface area contributed by atoms with E-state index in [-0.39, 0.29) is 40.0 Å². The Morgan fingerprint density at radius 1 is 0.919 bits per heavy atom. The number of halogens is 1. The first-order valence-electron chi connectivity index (χ1n) is 14.6. The predicted octanol–water partition coefficient (Wildman–Crippen LogP) is 6.93. The van der Waals surface area contributed by atoms with Crippen LogP contribution in [0.25, 0.3) is 0 Å². The molecule has 4 aliphatic rings. The number of allylic oxidation sites excluding steroid dienone is 1. The van der Waals surface area contributed by atoms with Gasteiger partial charge >= 0.3 is 5.97 Å². The maximum atomic E-state index is 13.2. The average Bonchev–Trinajstić information content (AvgIpc) is 3.16. The molecule has 206 valence electrons. The zero-order valence-corrected chi connectivity index (χ0v) is 23.8. The lowest BCUT2D eigenvalue weighted by atomic mass is 9.46.